The lowest BCUT2D eigenvalue weighted by Crippen LogP contribution is -2.21. The Bertz CT molecular complexity index is 357. The zero-order valence-electron chi connectivity index (χ0n) is 13.4. The highest BCUT2D eigenvalue weighted by Gasteiger charge is 2.08. The second-order valence-corrected chi connectivity index (χ2v) is 4.74. The summed E-state index contributed by atoms with van der Waals surface area (Å²) >= 11 is 0. The summed E-state index contributed by atoms with van der Waals surface area (Å²) in [5.41, 5.74) is 1.06. The fourth-order valence-corrected chi connectivity index (χ4v) is 2.01. The van der Waals surface area contributed by atoms with Gasteiger partial charge in [-0.3, -0.25) is 4.98 Å². The Kier molecular flexibility index (Phi) is 9.78. The molecular formula is C16H28N2O3. The van der Waals surface area contributed by atoms with Crippen molar-refractivity contribution in [2.75, 3.05) is 40.1 Å². The van der Waals surface area contributed by atoms with E-state index in [4.69, 9.17) is 14.2 Å². The van der Waals surface area contributed by atoms with Crippen LogP contribution in [0.4, 0.5) is 0 Å². The van der Waals surface area contributed by atoms with E-state index in [1.165, 1.54) is 0 Å². The smallest absolute Gasteiger partial charge is 0.137 e. The van der Waals surface area contributed by atoms with Crippen molar-refractivity contribution in [2.45, 2.75) is 32.7 Å². The van der Waals surface area contributed by atoms with Gasteiger partial charge in [-0.1, -0.05) is 13.8 Å². The SMILES string of the molecule is CCNC(CC)c1ccc(OCCOCCCOC)cn1. The Morgan fingerprint density at radius 3 is 2.62 bits per heavy atom. The maximum absolute atomic E-state index is 5.60. The van der Waals surface area contributed by atoms with Crippen molar-refractivity contribution in [1.29, 1.82) is 0 Å². The second kappa shape index (κ2) is 11.5. The molecule has 1 atom stereocenters. The van der Waals surface area contributed by atoms with Crippen molar-refractivity contribution < 1.29 is 14.2 Å². The quantitative estimate of drug-likeness (QED) is 0.601. The fourth-order valence-electron chi connectivity index (χ4n) is 2.01. The number of rotatable bonds is 12. The molecule has 21 heavy (non-hydrogen) atoms. The molecule has 0 bridgehead atoms. The summed E-state index contributed by atoms with van der Waals surface area (Å²) < 4.78 is 16.0. The lowest BCUT2D eigenvalue weighted by Gasteiger charge is -2.15. The van der Waals surface area contributed by atoms with Crippen molar-refractivity contribution in [3.05, 3.63) is 24.0 Å². The van der Waals surface area contributed by atoms with Crippen molar-refractivity contribution in [1.82, 2.24) is 10.3 Å². The van der Waals surface area contributed by atoms with Crippen LogP contribution in [0.5, 0.6) is 5.75 Å². The van der Waals surface area contributed by atoms with Crippen molar-refractivity contribution in [3.63, 3.8) is 0 Å². The van der Waals surface area contributed by atoms with E-state index in [9.17, 15) is 0 Å². The van der Waals surface area contributed by atoms with Crippen LogP contribution in [0, 0.1) is 0 Å². The Morgan fingerprint density at radius 1 is 1.14 bits per heavy atom. The van der Waals surface area contributed by atoms with Crippen LogP contribution in [0.2, 0.25) is 0 Å². The van der Waals surface area contributed by atoms with E-state index in [-0.39, 0.29) is 0 Å². The molecule has 1 aromatic heterocycles. The van der Waals surface area contributed by atoms with Crippen LogP contribution in [0.1, 0.15) is 38.4 Å². The summed E-state index contributed by atoms with van der Waals surface area (Å²) in [6.07, 6.45) is 3.71. The van der Waals surface area contributed by atoms with E-state index in [0.29, 0.717) is 25.9 Å². The lowest BCUT2D eigenvalue weighted by atomic mass is 10.1. The molecule has 120 valence electrons. The molecule has 0 saturated heterocycles. The molecule has 0 aliphatic carbocycles. The van der Waals surface area contributed by atoms with Gasteiger partial charge in [-0.25, -0.2) is 0 Å². The minimum Gasteiger partial charge on any atom is -0.490 e. The molecule has 0 aromatic carbocycles. The van der Waals surface area contributed by atoms with Gasteiger partial charge in [0.1, 0.15) is 12.4 Å². The molecule has 1 N–H and O–H groups in total. The standard InChI is InChI=1S/C16H28N2O3/c1-4-15(17-5-2)16-8-7-14(13-18-16)21-12-11-20-10-6-9-19-3/h7-8,13,15,17H,4-6,9-12H2,1-3H3. The fraction of sp³-hybridized carbons (Fsp3) is 0.688. The molecule has 0 saturated carbocycles. The Hall–Kier alpha value is -1.17. The first-order valence-corrected chi connectivity index (χ1v) is 7.70. The van der Waals surface area contributed by atoms with E-state index in [1.807, 2.05) is 12.1 Å². The average molecular weight is 296 g/mol. The van der Waals surface area contributed by atoms with Gasteiger partial charge in [-0.05, 0) is 31.5 Å². The zero-order valence-corrected chi connectivity index (χ0v) is 13.4. The van der Waals surface area contributed by atoms with Crippen molar-refractivity contribution in [3.8, 4) is 5.75 Å². The summed E-state index contributed by atoms with van der Waals surface area (Å²) in [6, 6.07) is 4.30. The minimum atomic E-state index is 0.313. The van der Waals surface area contributed by atoms with Gasteiger partial charge in [0, 0.05) is 26.4 Å². The summed E-state index contributed by atoms with van der Waals surface area (Å²) in [7, 11) is 1.69. The first-order chi connectivity index (χ1) is 10.3. The molecule has 5 heteroatoms. The van der Waals surface area contributed by atoms with Crippen molar-refractivity contribution in [2.24, 2.45) is 0 Å². The largest absolute Gasteiger partial charge is 0.490 e. The number of aromatic nitrogens is 1. The summed E-state index contributed by atoms with van der Waals surface area (Å²) in [5, 5.41) is 3.41. The molecule has 1 heterocycles. The minimum absolute atomic E-state index is 0.313. The van der Waals surface area contributed by atoms with E-state index >= 15 is 0 Å². The molecule has 0 spiro atoms. The monoisotopic (exact) mass is 296 g/mol. The Balaban J connectivity index is 2.24. The molecule has 1 unspecified atom stereocenters. The Morgan fingerprint density at radius 2 is 2.00 bits per heavy atom. The maximum atomic E-state index is 5.60. The van der Waals surface area contributed by atoms with E-state index < -0.39 is 0 Å². The van der Waals surface area contributed by atoms with Gasteiger partial charge < -0.3 is 19.5 Å². The zero-order chi connectivity index (χ0) is 15.3. The molecule has 0 fully saturated rings. The highest BCUT2D eigenvalue weighted by atomic mass is 16.5. The number of hydrogen-bond acceptors (Lipinski definition) is 5. The van der Waals surface area contributed by atoms with Crippen LogP contribution in [-0.4, -0.2) is 45.1 Å². The molecule has 5 nitrogen and oxygen atoms in total. The molecule has 1 aromatic rings. The molecule has 0 radical (unpaired) electrons. The maximum Gasteiger partial charge on any atom is 0.137 e. The summed E-state index contributed by atoms with van der Waals surface area (Å²) in [4.78, 5) is 4.46. The third kappa shape index (κ3) is 7.41. The van der Waals surface area contributed by atoms with Gasteiger partial charge in [0.15, 0.2) is 0 Å². The van der Waals surface area contributed by atoms with Gasteiger partial charge in [-0.15, -0.1) is 0 Å². The third-order valence-electron chi connectivity index (χ3n) is 3.11. The lowest BCUT2D eigenvalue weighted by molar-refractivity contribution is 0.0805. The highest BCUT2D eigenvalue weighted by Crippen LogP contribution is 2.17. The van der Waals surface area contributed by atoms with Crippen LogP contribution >= 0.6 is 0 Å². The number of pyridine rings is 1. The molecule has 1 rings (SSSR count). The first kappa shape index (κ1) is 17.9. The topological polar surface area (TPSA) is 52.6 Å². The van der Waals surface area contributed by atoms with Gasteiger partial charge in [0.25, 0.3) is 0 Å². The molecule has 0 amide bonds. The average Bonchev–Trinajstić information content (AvgIpc) is 2.52. The van der Waals surface area contributed by atoms with Crippen LogP contribution < -0.4 is 10.1 Å². The van der Waals surface area contributed by atoms with Crippen LogP contribution in [0.25, 0.3) is 0 Å². The predicted octanol–water partition coefficient (Wildman–Crippen LogP) is 2.57. The van der Waals surface area contributed by atoms with Gasteiger partial charge in [0.2, 0.25) is 0 Å². The van der Waals surface area contributed by atoms with E-state index in [2.05, 4.69) is 24.1 Å². The third-order valence-corrected chi connectivity index (χ3v) is 3.11. The van der Waals surface area contributed by atoms with Crippen LogP contribution in [0.15, 0.2) is 18.3 Å². The van der Waals surface area contributed by atoms with Crippen molar-refractivity contribution >= 4 is 0 Å². The number of ether oxygens (including phenoxy) is 3. The van der Waals surface area contributed by atoms with Crippen LogP contribution in [-0.2, 0) is 9.47 Å². The number of nitrogens with one attached hydrogen (secondary N) is 1. The molecular weight excluding hydrogens is 268 g/mol. The highest BCUT2D eigenvalue weighted by molar-refractivity contribution is 5.21. The van der Waals surface area contributed by atoms with Gasteiger partial charge >= 0.3 is 0 Å². The number of nitrogens with zero attached hydrogens (tertiary/aromatic N) is 1. The second-order valence-electron chi connectivity index (χ2n) is 4.74. The van der Waals surface area contributed by atoms with Gasteiger partial charge in [-0.2, -0.15) is 0 Å². The van der Waals surface area contributed by atoms with Crippen LogP contribution in [0.3, 0.4) is 0 Å². The summed E-state index contributed by atoms with van der Waals surface area (Å²) in [5.74, 6) is 0.783. The van der Waals surface area contributed by atoms with E-state index in [0.717, 1.165) is 37.4 Å². The predicted molar refractivity (Wildman–Crippen MR) is 83.8 cm³/mol. The normalized spacial score (nSPS) is 12.3. The number of hydrogen-bond donors (Lipinski definition) is 1. The Labute approximate surface area is 128 Å². The molecule has 0 aliphatic rings. The van der Waals surface area contributed by atoms with E-state index in [1.54, 1.807) is 13.3 Å². The number of methoxy groups -OCH3 is 1. The van der Waals surface area contributed by atoms with Gasteiger partial charge in [0.05, 0.1) is 18.5 Å². The summed E-state index contributed by atoms with van der Waals surface area (Å²) in [6.45, 7) is 7.76. The molecule has 0 aliphatic heterocycles. The first-order valence-electron chi connectivity index (χ1n) is 7.70.